The van der Waals surface area contributed by atoms with Crippen LogP contribution >= 0.6 is 0 Å². The van der Waals surface area contributed by atoms with Gasteiger partial charge in [-0.05, 0) is 38.4 Å². The van der Waals surface area contributed by atoms with Gasteiger partial charge in [-0.2, -0.15) is 0 Å². The first-order valence-electron chi connectivity index (χ1n) is 6.27. The lowest BCUT2D eigenvalue weighted by Gasteiger charge is -2.35. The van der Waals surface area contributed by atoms with Crippen LogP contribution in [0.25, 0.3) is 0 Å². The van der Waals surface area contributed by atoms with Crippen LogP contribution in [-0.2, 0) is 4.79 Å². The summed E-state index contributed by atoms with van der Waals surface area (Å²) in [5.74, 6) is -0.0637. The van der Waals surface area contributed by atoms with Gasteiger partial charge in [0.1, 0.15) is 0 Å². The first kappa shape index (κ1) is 12.1. The van der Waals surface area contributed by atoms with Gasteiger partial charge in [-0.3, -0.25) is 9.69 Å². The van der Waals surface area contributed by atoms with Crippen molar-refractivity contribution in [3.8, 4) is 0 Å². The molecule has 0 aliphatic carbocycles. The molecule has 1 atom stereocenters. The predicted molar refractivity (Wildman–Crippen MR) is 68.3 cm³/mol. The predicted octanol–water partition coefficient (Wildman–Crippen LogP) is 1.94. The lowest BCUT2D eigenvalue weighted by molar-refractivity contribution is -0.123. The molecule has 1 heterocycles. The first-order valence-corrected chi connectivity index (χ1v) is 6.27. The lowest BCUT2D eigenvalue weighted by Crippen LogP contribution is -2.39. The highest BCUT2D eigenvalue weighted by Crippen LogP contribution is 2.26. The summed E-state index contributed by atoms with van der Waals surface area (Å²) in [6.45, 7) is 4.15. The van der Waals surface area contributed by atoms with Crippen molar-refractivity contribution in [1.29, 1.82) is 0 Å². The maximum atomic E-state index is 11.1. The van der Waals surface area contributed by atoms with E-state index >= 15 is 0 Å². The van der Waals surface area contributed by atoms with Gasteiger partial charge in [0.2, 0.25) is 5.91 Å². The molecule has 3 nitrogen and oxygen atoms in total. The summed E-state index contributed by atoms with van der Waals surface area (Å²) in [7, 11) is 0. The summed E-state index contributed by atoms with van der Waals surface area (Å²) in [4.78, 5) is 13.5. The number of hydrogen-bond acceptors (Lipinski definition) is 2. The molecule has 0 unspecified atom stereocenters. The number of likely N-dealkylation sites (tertiary alicyclic amines) is 1. The highest BCUT2D eigenvalue weighted by molar-refractivity contribution is 5.76. The van der Waals surface area contributed by atoms with E-state index in [4.69, 9.17) is 5.73 Å². The summed E-state index contributed by atoms with van der Waals surface area (Å²) in [6, 6.07) is 10.9. The van der Waals surface area contributed by atoms with E-state index in [1.165, 1.54) is 5.56 Å². The molecule has 1 saturated heterocycles. The van der Waals surface area contributed by atoms with Gasteiger partial charge in [0.25, 0.3) is 0 Å². The lowest BCUT2D eigenvalue weighted by atomic mass is 9.94. The van der Waals surface area contributed by atoms with Gasteiger partial charge in [0, 0.05) is 12.0 Å². The van der Waals surface area contributed by atoms with Crippen molar-refractivity contribution < 1.29 is 4.79 Å². The van der Waals surface area contributed by atoms with Gasteiger partial charge in [-0.25, -0.2) is 0 Å². The molecule has 17 heavy (non-hydrogen) atoms. The summed E-state index contributed by atoms with van der Waals surface area (Å²) >= 11 is 0. The fraction of sp³-hybridized carbons (Fsp3) is 0.500. The second kappa shape index (κ2) is 5.32. The van der Waals surface area contributed by atoms with Crippen LogP contribution in [0.1, 0.15) is 31.4 Å². The summed E-state index contributed by atoms with van der Waals surface area (Å²) < 4.78 is 0. The van der Waals surface area contributed by atoms with E-state index < -0.39 is 0 Å². The largest absolute Gasteiger partial charge is 0.369 e. The Morgan fingerprint density at radius 2 is 1.88 bits per heavy atom. The van der Waals surface area contributed by atoms with Gasteiger partial charge < -0.3 is 5.73 Å². The first-order chi connectivity index (χ1) is 8.18. The third-order valence-corrected chi connectivity index (χ3v) is 3.76. The van der Waals surface area contributed by atoms with Crippen LogP contribution in [0.5, 0.6) is 0 Å². The molecule has 1 aliphatic heterocycles. The molecule has 0 aromatic heterocycles. The molecule has 2 rings (SSSR count). The van der Waals surface area contributed by atoms with Crippen molar-refractivity contribution in [2.24, 2.45) is 11.7 Å². The number of carbonyl (C=O) groups excluding carboxylic acids is 1. The van der Waals surface area contributed by atoms with E-state index in [2.05, 4.69) is 36.1 Å². The van der Waals surface area contributed by atoms with Crippen LogP contribution in [0.15, 0.2) is 30.3 Å². The van der Waals surface area contributed by atoms with Gasteiger partial charge in [-0.15, -0.1) is 0 Å². The number of hydrogen-bond donors (Lipinski definition) is 1. The molecule has 1 fully saturated rings. The molecule has 92 valence electrons. The molecule has 0 saturated carbocycles. The molecular formula is C14H20N2O. The zero-order valence-corrected chi connectivity index (χ0v) is 10.3. The number of rotatable bonds is 3. The number of piperidine rings is 1. The van der Waals surface area contributed by atoms with Crippen molar-refractivity contribution in [3.63, 3.8) is 0 Å². The topological polar surface area (TPSA) is 46.3 Å². The number of carbonyl (C=O) groups is 1. The molecule has 0 bridgehead atoms. The standard InChI is InChI=1S/C14H20N2O/c1-11(12-5-3-2-4-6-12)16-9-7-13(8-10-16)14(15)17/h2-6,11,13H,7-10H2,1H3,(H2,15,17)/t11-/m0/s1. The number of amides is 1. The maximum absolute atomic E-state index is 11.1. The zero-order chi connectivity index (χ0) is 12.3. The minimum absolute atomic E-state index is 0.0780. The highest BCUT2D eigenvalue weighted by Gasteiger charge is 2.25. The third kappa shape index (κ3) is 2.86. The summed E-state index contributed by atoms with van der Waals surface area (Å²) in [5, 5.41) is 0. The van der Waals surface area contributed by atoms with E-state index in [1.807, 2.05) is 6.07 Å². The number of nitrogens with zero attached hydrogens (tertiary/aromatic N) is 1. The SMILES string of the molecule is C[C@@H](c1ccccc1)N1CCC(C(N)=O)CC1. The number of primary amides is 1. The van der Waals surface area contributed by atoms with Crippen molar-refractivity contribution in [1.82, 2.24) is 4.90 Å². The van der Waals surface area contributed by atoms with E-state index in [1.54, 1.807) is 0 Å². The van der Waals surface area contributed by atoms with Gasteiger partial charge in [0.15, 0.2) is 0 Å². The molecule has 2 N–H and O–H groups in total. The molecule has 0 radical (unpaired) electrons. The maximum Gasteiger partial charge on any atom is 0.220 e. The summed E-state index contributed by atoms with van der Waals surface area (Å²) in [5.41, 5.74) is 6.68. The van der Waals surface area contributed by atoms with Crippen LogP contribution in [-0.4, -0.2) is 23.9 Å². The third-order valence-electron chi connectivity index (χ3n) is 3.76. The van der Waals surface area contributed by atoms with E-state index in [0.29, 0.717) is 6.04 Å². The van der Waals surface area contributed by atoms with Crippen LogP contribution in [0.3, 0.4) is 0 Å². The van der Waals surface area contributed by atoms with Crippen molar-refractivity contribution in [2.45, 2.75) is 25.8 Å². The second-order valence-electron chi connectivity index (χ2n) is 4.80. The van der Waals surface area contributed by atoms with Crippen LogP contribution < -0.4 is 5.73 Å². The Balaban J connectivity index is 1.95. The molecule has 1 aromatic carbocycles. The Hall–Kier alpha value is -1.35. The number of benzene rings is 1. The molecule has 1 amide bonds. The van der Waals surface area contributed by atoms with Crippen molar-refractivity contribution in [2.75, 3.05) is 13.1 Å². The van der Waals surface area contributed by atoms with Gasteiger partial charge in [0.05, 0.1) is 0 Å². The van der Waals surface area contributed by atoms with Crippen molar-refractivity contribution >= 4 is 5.91 Å². The Morgan fingerprint density at radius 1 is 1.29 bits per heavy atom. The van der Waals surface area contributed by atoms with Crippen LogP contribution in [0.4, 0.5) is 0 Å². The Morgan fingerprint density at radius 3 is 2.41 bits per heavy atom. The van der Waals surface area contributed by atoms with Crippen LogP contribution in [0, 0.1) is 5.92 Å². The summed E-state index contributed by atoms with van der Waals surface area (Å²) in [6.07, 6.45) is 1.79. The molecule has 0 spiro atoms. The van der Waals surface area contributed by atoms with Gasteiger partial charge >= 0.3 is 0 Å². The minimum atomic E-state index is -0.142. The number of nitrogens with two attached hydrogens (primary N) is 1. The molecule has 1 aromatic rings. The second-order valence-corrected chi connectivity index (χ2v) is 4.80. The van der Waals surface area contributed by atoms with Crippen LogP contribution in [0.2, 0.25) is 0 Å². The quantitative estimate of drug-likeness (QED) is 0.865. The Kier molecular flexibility index (Phi) is 3.79. The van der Waals surface area contributed by atoms with E-state index in [9.17, 15) is 4.79 Å². The normalized spacial score (nSPS) is 20.1. The zero-order valence-electron chi connectivity index (χ0n) is 10.3. The molecular weight excluding hydrogens is 212 g/mol. The Labute approximate surface area is 103 Å². The molecule has 3 heteroatoms. The van der Waals surface area contributed by atoms with E-state index in [-0.39, 0.29) is 11.8 Å². The smallest absolute Gasteiger partial charge is 0.220 e. The Bertz CT molecular complexity index is 369. The fourth-order valence-electron chi connectivity index (χ4n) is 2.51. The highest BCUT2D eigenvalue weighted by atomic mass is 16.1. The van der Waals surface area contributed by atoms with E-state index in [0.717, 1.165) is 25.9 Å². The van der Waals surface area contributed by atoms with Crippen molar-refractivity contribution in [3.05, 3.63) is 35.9 Å². The average Bonchev–Trinajstić information content (AvgIpc) is 2.39. The fourth-order valence-corrected chi connectivity index (χ4v) is 2.51. The average molecular weight is 232 g/mol. The van der Waals surface area contributed by atoms with Gasteiger partial charge in [-0.1, -0.05) is 30.3 Å². The molecule has 1 aliphatic rings. The monoisotopic (exact) mass is 232 g/mol. The minimum Gasteiger partial charge on any atom is -0.369 e.